The first-order chi connectivity index (χ1) is 17.7. The molecule has 2 N–H and O–H groups in total. The van der Waals surface area contributed by atoms with Crippen molar-refractivity contribution >= 4 is 34.0 Å². The second-order valence-electron chi connectivity index (χ2n) is 8.60. The first kappa shape index (κ1) is 20.8. The Balaban J connectivity index is 1.18. The van der Waals surface area contributed by atoms with Crippen LogP contribution in [0.3, 0.4) is 0 Å². The molecule has 2 aliphatic heterocycles. The van der Waals surface area contributed by atoms with Gasteiger partial charge in [0, 0.05) is 44.0 Å². The minimum absolute atomic E-state index is 0.241. The van der Waals surface area contributed by atoms with E-state index < -0.39 is 5.82 Å². The summed E-state index contributed by atoms with van der Waals surface area (Å²) in [6, 6.07) is 10.2. The molecular weight excluding hydrogens is 465 g/mol. The van der Waals surface area contributed by atoms with Gasteiger partial charge in [0.25, 0.3) is 0 Å². The largest absolute Gasteiger partial charge is 0.488 e. The molecule has 36 heavy (non-hydrogen) atoms. The molecule has 4 aromatic heterocycles. The predicted octanol–water partition coefficient (Wildman–Crippen LogP) is 2.91. The van der Waals surface area contributed by atoms with Crippen LogP contribution in [0.2, 0.25) is 0 Å². The molecule has 0 saturated carbocycles. The topological polar surface area (TPSA) is 115 Å². The highest BCUT2D eigenvalue weighted by Crippen LogP contribution is 2.35. The molecule has 2 bridgehead atoms. The average Bonchev–Trinajstić information content (AvgIpc) is 3.32. The van der Waals surface area contributed by atoms with Crippen molar-refractivity contribution in [2.24, 2.45) is 0 Å². The number of halogens is 1. The van der Waals surface area contributed by atoms with Crippen LogP contribution in [-0.2, 0) is 0 Å². The van der Waals surface area contributed by atoms with Gasteiger partial charge >= 0.3 is 0 Å². The van der Waals surface area contributed by atoms with Crippen molar-refractivity contribution in [1.82, 2.24) is 34.9 Å². The highest BCUT2D eigenvalue weighted by molar-refractivity contribution is 5.90. The van der Waals surface area contributed by atoms with Crippen molar-refractivity contribution in [3.63, 3.8) is 0 Å². The maximum absolute atomic E-state index is 15.1. The molecule has 0 radical (unpaired) electrons. The van der Waals surface area contributed by atoms with E-state index in [-0.39, 0.29) is 11.7 Å². The summed E-state index contributed by atoms with van der Waals surface area (Å²) >= 11 is 0. The van der Waals surface area contributed by atoms with E-state index in [2.05, 4.69) is 35.6 Å². The number of nitrogens with zero attached hydrogens (tertiary/aromatic N) is 7. The molecule has 5 aromatic rings. The molecule has 0 unspecified atom stereocenters. The van der Waals surface area contributed by atoms with Crippen LogP contribution in [0.4, 0.5) is 21.7 Å². The van der Waals surface area contributed by atoms with Gasteiger partial charge in [0.05, 0.1) is 17.2 Å². The Labute approximate surface area is 203 Å². The van der Waals surface area contributed by atoms with E-state index in [1.807, 2.05) is 6.07 Å². The Bertz CT molecular complexity index is 1610. The number of nitrogens with one attached hydrogen (secondary N) is 2. The molecule has 180 valence electrons. The zero-order valence-electron chi connectivity index (χ0n) is 18.9. The lowest BCUT2D eigenvalue weighted by molar-refractivity contribution is 0.271. The first-order valence-electron chi connectivity index (χ1n) is 11.5. The van der Waals surface area contributed by atoms with E-state index in [9.17, 15) is 0 Å². The lowest BCUT2D eigenvalue weighted by atomic mass is 10.2. The Morgan fingerprint density at radius 1 is 1.08 bits per heavy atom. The van der Waals surface area contributed by atoms with Crippen molar-refractivity contribution in [1.29, 1.82) is 0 Å². The fraction of sp³-hybridized carbons (Fsp3) is 0.208. The van der Waals surface area contributed by atoms with Crippen molar-refractivity contribution in [2.45, 2.75) is 6.04 Å². The third-order valence-corrected chi connectivity index (χ3v) is 6.23. The highest BCUT2D eigenvalue weighted by Gasteiger charge is 2.28. The SMILES string of the molecule is Fc1cc(Oc2ccn3ncnc3c2)ccc1Nc1ncnc2cc3c(nc12)N1CCN[C@H](CO3)C1. The summed E-state index contributed by atoms with van der Waals surface area (Å²) < 4.78 is 28.5. The summed E-state index contributed by atoms with van der Waals surface area (Å²) in [5, 5.41) is 10.6. The number of ether oxygens (including phenoxy) is 2. The highest BCUT2D eigenvalue weighted by atomic mass is 19.1. The van der Waals surface area contributed by atoms with Crippen LogP contribution >= 0.6 is 0 Å². The molecule has 7 rings (SSSR count). The quantitative estimate of drug-likeness (QED) is 0.394. The lowest BCUT2D eigenvalue weighted by Gasteiger charge is -2.31. The molecule has 1 aromatic carbocycles. The summed E-state index contributed by atoms with van der Waals surface area (Å²) in [6.07, 6.45) is 4.60. The second kappa shape index (κ2) is 8.27. The molecule has 1 saturated heterocycles. The van der Waals surface area contributed by atoms with Gasteiger partial charge in [-0.2, -0.15) is 5.10 Å². The average molecular weight is 485 g/mol. The van der Waals surface area contributed by atoms with Gasteiger partial charge in [0.2, 0.25) is 0 Å². The second-order valence-corrected chi connectivity index (χ2v) is 8.60. The van der Waals surface area contributed by atoms with Crippen LogP contribution in [-0.4, -0.2) is 61.8 Å². The van der Waals surface area contributed by atoms with Gasteiger partial charge in [-0.05, 0) is 18.2 Å². The fourth-order valence-corrected chi connectivity index (χ4v) is 4.49. The minimum atomic E-state index is -0.495. The molecule has 12 heteroatoms. The number of pyridine rings is 2. The van der Waals surface area contributed by atoms with Crippen LogP contribution in [0.25, 0.3) is 16.7 Å². The Kier molecular flexibility index (Phi) is 4.77. The van der Waals surface area contributed by atoms with Crippen LogP contribution < -0.4 is 25.0 Å². The number of anilines is 3. The van der Waals surface area contributed by atoms with Crippen molar-refractivity contribution in [2.75, 3.05) is 36.5 Å². The summed E-state index contributed by atoms with van der Waals surface area (Å²) in [6.45, 7) is 3.05. The van der Waals surface area contributed by atoms with Gasteiger partial charge in [-0.15, -0.1) is 0 Å². The number of rotatable bonds is 4. The smallest absolute Gasteiger partial charge is 0.172 e. The van der Waals surface area contributed by atoms with Crippen molar-refractivity contribution in [3.05, 3.63) is 61.1 Å². The van der Waals surface area contributed by atoms with Crippen molar-refractivity contribution in [3.8, 4) is 17.2 Å². The monoisotopic (exact) mass is 485 g/mol. The fourth-order valence-electron chi connectivity index (χ4n) is 4.49. The number of piperazine rings is 1. The molecule has 0 spiro atoms. The number of hydrogen-bond acceptors (Lipinski definition) is 10. The van der Waals surface area contributed by atoms with E-state index in [1.165, 1.54) is 18.7 Å². The van der Waals surface area contributed by atoms with E-state index >= 15 is 4.39 Å². The third kappa shape index (κ3) is 3.67. The van der Waals surface area contributed by atoms with Gasteiger partial charge < -0.3 is 25.0 Å². The maximum Gasteiger partial charge on any atom is 0.172 e. The molecular formula is C24H20FN9O2. The van der Waals surface area contributed by atoms with E-state index in [1.54, 1.807) is 35.0 Å². The maximum atomic E-state index is 15.1. The van der Waals surface area contributed by atoms with Gasteiger partial charge in [0.15, 0.2) is 23.0 Å². The van der Waals surface area contributed by atoms with Gasteiger partial charge in [-0.3, -0.25) is 0 Å². The predicted molar refractivity (Wildman–Crippen MR) is 130 cm³/mol. The molecule has 6 heterocycles. The number of benzene rings is 1. The zero-order valence-corrected chi connectivity index (χ0v) is 18.9. The van der Waals surface area contributed by atoms with Gasteiger partial charge in [-0.1, -0.05) is 0 Å². The number of hydrogen-bond donors (Lipinski definition) is 2. The molecule has 11 nitrogen and oxygen atoms in total. The summed E-state index contributed by atoms with van der Waals surface area (Å²) in [5.41, 5.74) is 2.03. The van der Waals surface area contributed by atoms with Crippen LogP contribution in [0.5, 0.6) is 17.2 Å². The number of fused-ring (bicyclic) bond motifs is 6. The van der Waals surface area contributed by atoms with Gasteiger partial charge in [0.1, 0.15) is 42.1 Å². The van der Waals surface area contributed by atoms with Gasteiger partial charge in [-0.25, -0.2) is 28.8 Å². The van der Waals surface area contributed by atoms with E-state index in [0.29, 0.717) is 46.4 Å². The molecule has 0 amide bonds. The Morgan fingerprint density at radius 3 is 2.97 bits per heavy atom. The minimum Gasteiger partial charge on any atom is -0.488 e. The Hall–Kier alpha value is -4.58. The first-order valence-corrected chi connectivity index (χ1v) is 11.5. The van der Waals surface area contributed by atoms with Crippen molar-refractivity contribution < 1.29 is 13.9 Å². The summed E-state index contributed by atoms with van der Waals surface area (Å²) in [7, 11) is 0. The third-order valence-electron chi connectivity index (χ3n) is 6.23. The molecule has 1 atom stereocenters. The Morgan fingerprint density at radius 2 is 2.03 bits per heavy atom. The van der Waals surface area contributed by atoms with Crippen LogP contribution in [0.15, 0.2) is 55.2 Å². The summed E-state index contributed by atoms with van der Waals surface area (Å²) in [4.78, 5) is 19.9. The standard InChI is InChI=1S/C24H20FN9O2/c25-17-7-15(36-16-3-5-34-21(8-16)28-13-30-34)1-2-18(17)31-23-22-19(27-12-29-23)9-20-24(32-22)33-6-4-26-14(10-33)11-35-20/h1-3,5,7-9,12-14,26H,4,6,10-11H2,(H,27,29,31)/t14-/m0/s1. The van der Waals surface area contributed by atoms with Crippen LogP contribution in [0.1, 0.15) is 0 Å². The molecule has 0 aliphatic carbocycles. The van der Waals surface area contributed by atoms with E-state index in [0.717, 1.165) is 25.5 Å². The summed E-state index contributed by atoms with van der Waals surface area (Å²) in [5.74, 6) is 2.23. The molecule has 2 aliphatic rings. The zero-order chi connectivity index (χ0) is 24.1. The van der Waals surface area contributed by atoms with Crippen LogP contribution in [0, 0.1) is 5.82 Å². The normalized spacial score (nSPS) is 16.9. The van der Waals surface area contributed by atoms with E-state index in [4.69, 9.17) is 14.5 Å². The lowest BCUT2D eigenvalue weighted by Crippen LogP contribution is -2.51. The number of aromatic nitrogens is 6. The molecule has 1 fully saturated rings.